The second kappa shape index (κ2) is 13.7. The Morgan fingerprint density at radius 2 is 0.889 bits per heavy atom. The smallest absolute Gasteiger partial charge is 0.0540 e. The van der Waals surface area contributed by atoms with Crippen LogP contribution in [0.5, 0.6) is 0 Å². The summed E-state index contributed by atoms with van der Waals surface area (Å²) in [5.41, 5.74) is 13.0. The topological polar surface area (TPSA) is 3.24 Å². The molecule has 10 rings (SSSR count). The molecule has 0 unspecified atom stereocenters. The van der Waals surface area contributed by atoms with Crippen molar-refractivity contribution in [3.05, 3.63) is 212 Å². The third-order valence-corrected chi connectivity index (χ3v) is 11.6. The van der Waals surface area contributed by atoms with Crippen molar-refractivity contribution in [2.75, 3.05) is 4.90 Å². The van der Waals surface area contributed by atoms with Crippen molar-refractivity contribution in [1.82, 2.24) is 0 Å². The first-order valence-electron chi connectivity index (χ1n) is 18.4. The molecule has 1 heterocycles. The third kappa shape index (κ3) is 5.74. The Morgan fingerprint density at radius 1 is 0.333 bits per heavy atom. The maximum Gasteiger partial charge on any atom is 0.0540 e. The van der Waals surface area contributed by atoms with Crippen LogP contribution < -0.4 is 4.90 Å². The van der Waals surface area contributed by atoms with Crippen LogP contribution in [0.25, 0.3) is 75.5 Å². The third-order valence-electron chi connectivity index (χ3n) is 10.4. The van der Waals surface area contributed by atoms with Gasteiger partial charge in [-0.05, 0) is 98.2 Å². The highest BCUT2D eigenvalue weighted by Crippen LogP contribution is 2.48. The van der Waals surface area contributed by atoms with Gasteiger partial charge in [0.05, 0.1) is 5.69 Å². The highest BCUT2D eigenvalue weighted by Gasteiger charge is 2.21. The molecule has 1 nitrogen and oxygen atoms in total. The number of hydrogen-bond acceptors (Lipinski definition) is 2. The molecular formula is C52H35NS. The van der Waals surface area contributed by atoms with Crippen LogP contribution in [0.3, 0.4) is 0 Å². The van der Waals surface area contributed by atoms with Crippen LogP contribution in [0.1, 0.15) is 0 Å². The van der Waals surface area contributed by atoms with Gasteiger partial charge in [-0.2, -0.15) is 0 Å². The Bertz CT molecular complexity index is 2910. The van der Waals surface area contributed by atoms with Crippen LogP contribution >= 0.6 is 11.3 Å². The van der Waals surface area contributed by atoms with Crippen molar-refractivity contribution >= 4 is 59.3 Å². The van der Waals surface area contributed by atoms with Crippen LogP contribution in [0, 0.1) is 0 Å². The van der Waals surface area contributed by atoms with E-state index in [1.54, 1.807) is 0 Å². The van der Waals surface area contributed by atoms with E-state index in [0.717, 1.165) is 17.1 Å². The molecule has 254 valence electrons. The average Bonchev–Trinajstić information content (AvgIpc) is 3.62. The maximum atomic E-state index is 2.42. The van der Waals surface area contributed by atoms with Crippen molar-refractivity contribution in [3.8, 4) is 44.5 Å². The molecule has 9 aromatic carbocycles. The van der Waals surface area contributed by atoms with E-state index in [-0.39, 0.29) is 0 Å². The van der Waals surface area contributed by atoms with E-state index in [0.29, 0.717) is 0 Å². The first-order valence-corrected chi connectivity index (χ1v) is 19.2. The van der Waals surface area contributed by atoms with E-state index in [1.165, 1.54) is 75.5 Å². The number of rotatable bonds is 7. The normalized spacial score (nSPS) is 11.3. The summed E-state index contributed by atoms with van der Waals surface area (Å²) in [7, 11) is 0. The Hall–Kier alpha value is -6.74. The number of nitrogens with zero attached hydrogens (tertiary/aromatic N) is 1. The molecule has 0 aliphatic rings. The van der Waals surface area contributed by atoms with Crippen molar-refractivity contribution < 1.29 is 0 Å². The summed E-state index contributed by atoms with van der Waals surface area (Å²) in [5.74, 6) is 0. The molecule has 1 aromatic heterocycles. The van der Waals surface area contributed by atoms with Gasteiger partial charge in [0.25, 0.3) is 0 Å². The first kappa shape index (κ1) is 32.0. The second-order valence-electron chi connectivity index (χ2n) is 13.7. The van der Waals surface area contributed by atoms with Crippen LogP contribution in [-0.2, 0) is 0 Å². The summed E-state index contributed by atoms with van der Waals surface area (Å²) < 4.78 is 2.63. The SMILES string of the molecule is c1ccc(-c2ccc(-c3cccc(N(c4ccccc4)c4ccc(-c5c6ccccc6cc6sc7ccccc7c56)cc4-c4ccccc4)c3)cc2)cc1. The minimum absolute atomic E-state index is 1.10. The highest BCUT2D eigenvalue weighted by molar-refractivity contribution is 7.26. The summed E-state index contributed by atoms with van der Waals surface area (Å²) in [6.07, 6.45) is 0. The van der Waals surface area contributed by atoms with E-state index in [1.807, 2.05) is 11.3 Å². The second-order valence-corrected chi connectivity index (χ2v) is 14.8. The molecule has 0 saturated carbocycles. The van der Waals surface area contributed by atoms with Crippen molar-refractivity contribution in [2.24, 2.45) is 0 Å². The first-order chi connectivity index (χ1) is 26.8. The van der Waals surface area contributed by atoms with Crippen LogP contribution in [0.4, 0.5) is 17.1 Å². The molecule has 54 heavy (non-hydrogen) atoms. The summed E-state index contributed by atoms with van der Waals surface area (Å²) in [4.78, 5) is 2.41. The Balaban J connectivity index is 1.17. The lowest BCUT2D eigenvalue weighted by molar-refractivity contribution is 1.28. The Labute approximate surface area is 319 Å². The molecule has 0 spiro atoms. The number of fused-ring (bicyclic) bond motifs is 4. The van der Waals surface area contributed by atoms with E-state index < -0.39 is 0 Å². The maximum absolute atomic E-state index is 2.42. The average molecular weight is 706 g/mol. The van der Waals surface area contributed by atoms with E-state index >= 15 is 0 Å². The van der Waals surface area contributed by atoms with E-state index in [4.69, 9.17) is 0 Å². The van der Waals surface area contributed by atoms with Crippen LogP contribution in [0.2, 0.25) is 0 Å². The van der Waals surface area contributed by atoms with Crippen molar-refractivity contribution in [3.63, 3.8) is 0 Å². The molecule has 0 bridgehead atoms. The molecule has 0 aliphatic carbocycles. The van der Waals surface area contributed by atoms with E-state index in [9.17, 15) is 0 Å². The van der Waals surface area contributed by atoms with Crippen LogP contribution in [0.15, 0.2) is 212 Å². The van der Waals surface area contributed by atoms with Gasteiger partial charge in [-0.1, -0.05) is 164 Å². The molecule has 0 saturated heterocycles. The summed E-state index contributed by atoms with van der Waals surface area (Å²) >= 11 is 1.88. The number of thiophene rings is 1. The zero-order valence-corrected chi connectivity index (χ0v) is 30.4. The lowest BCUT2D eigenvalue weighted by atomic mass is 9.90. The van der Waals surface area contributed by atoms with E-state index in [2.05, 4.69) is 217 Å². The molecule has 0 N–H and O–H groups in total. The van der Waals surface area contributed by atoms with Gasteiger partial charge in [0, 0.05) is 37.1 Å². The van der Waals surface area contributed by atoms with Gasteiger partial charge < -0.3 is 4.90 Å². The lowest BCUT2D eigenvalue weighted by Gasteiger charge is -2.29. The van der Waals surface area contributed by atoms with Crippen molar-refractivity contribution in [2.45, 2.75) is 0 Å². The molecular weight excluding hydrogens is 671 g/mol. The number of benzene rings is 9. The number of hydrogen-bond donors (Lipinski definition) is 0. The minimum Gasteiger partial charge on any atom is -0.310 e. The summed E-state index contributed by atoms with van der Waals surface area (Å²) in [5, 5.41) is 5.16. The Morgan fingerprint density at radius 3 is 1.65 bits per heavy atom. The van der Waals surface area contributed by atoms with Crippen LogP contribution in [-0.4, -0.2) is 0 Å². The summed E-state index contributed by atoms with van der Waals surface area (Å²) in [6.45, 7) is 0. The lowest BCUT2D eigenvalue weighted by Crippen LogP contribution is -2.11. The highest BCUT2D eigenvalue weighted by atomic mass is 32.1. The largest absolute Gasteiger partial charge is 0.310 e. The van der Waals surface area contributed by atoms with Gasteiger partial charge >= 0.3 is 0 Å². The molecule has 0 radical (unpaired) electrons. The van der Waals surface area contributed by atoms with Gasteiger partial charge in [-0.3, -0.25) is 0 Å². The van der Waals surface area contributed by atoms with Gasteiger partial charge in [0.2, 0.25) is 0 Å². The van der Waals surface area contributed by atoms with Gasteiger partial charge in [0.1, 0.15) is 0 Å². The fourth-order valence-electron chi connectivity index (χ4n) is 7.90. The predicted octanol–water partition coefficient (Wildman–Crippen LogP) is 15.3. The molecule has 0 fully saturated rings. The molecule has 0 amide bonds. The monoisotopic (exact) mass is 705 g/mol. The van der Waals surface area contributed by atoms with Crippen molar-refractivity contribution in [1.29, 1.82) is 0 Å². The van der Waals surface area contributed by atoms with Gasteiger partial charge in [-0.15, -0.1) is 11.3 Å². The zero-order valence-electron chi connectivity index (χ0n) is 29.6. The summed E-state index contributed by atoms with van der Waals surface area (Å²) in [6, 6.07) is 77.1. The number of para-hydroxylation sites is 1. The minimum atomic E-state index is 1.10. The predicted molar refractivity (Wildman–Crippen MR) is 233 cm³/mol. The fourth-order valence-corrected chi connectivity index (χ4v) is 9.06. The number of anilines is 3. The zero-order chi connectivity index (χ0) is 35.8. The molecule has 2 heteroatoms. The molecule has 0 aliphatic heterocycles. The van der Waals surface area contributed by atoms with Gasteiger partial charge in [0.15, 0.2) is 0 Å². The standard InChI is InChI=1S/C52H35NS/c1-4-15-36(16-5-1)37-27-29-38(30-28-37)40-20-14-23-44(33-40)53(43-21-8-3-9-22-43)48-32-31-42(34-47(48)39-17-6-2-7-18-39)51-45-24-11-10-19-41(45)35-50-52(51)46-25-12-13-26-49(46)54-50/h1-35H. The molecule has 0 atom stereocenters. The fraction of sp³-hybridized carbons (Fsp3) is 0. The van der Waals surface area contributed by atoms with Gasteiger partial charge in [-0.25, -0.2) is 0 Å². The molecule has 10 aromatic rings. The quantitative estimate of drug-likeness (QED) is 0.160. The Kier molecular flexibility index (Phi) is 8.09.